The van der Waals surface area contributed by atoms with Gasteiger partial charge in [0, 0.05) is 72.0 Å². The summed E-state index contributed by atoms with van der Waals surface area (Å²) < 4.78 is 15.4. The molecule has 0 radical (unpaired) electrons. The second-order valence-corrected chi connectivity index (χ2v) is 14.4. The van der Waals surface area contributed by atoms with Gasteiger partial charge in [-0.25, -0.2) is 0 Å². The fraction of sp³-hybridized carbons (Fsp3) is 0.0652. The Balaban J connectivity index is 1.04. The van der Waals surface area contributed by atoms with Crippen molar-refractivity contribution >= 4 is 81.2 Å². The summed E-state index contributed by atoms with van der Waals surface area (Å²) in [6, 6.07) is 52.4. The minimum atomic E-state index is -0.322. The van der Waals surface area contributed by atoms with Gasteiger partial charge in [-0.2, -0.15) is 0 Å². The van der Waals surface area contributed by atoms with Crippen molar-refractivity contribution < 1.29 is 8.83 Å². The van der Waals surface area contributed by atoms with Crippen LogP contribution in [0.1, 0.15) is 22.9 Å². The van der Waals surface area contributed by atoms with E-state index >= 15 is 0 Å². The maximum absolute atomic E-state index is 9.22. The lowest BCUT2D eigenvalue weighted by Crippen LogP contribution is -2.39. The first-order valence-electron chi connectivity index (χ1n) is 17.5. The number of furan rings is 2. The molecule has 3 aromatic heterocycles. The van der Waals surface area contributed by atoms with Crippen molar-refractivity contribution in [1.82, 2.24) is 10.2 Å². The van der Waals surface area contributed by atoms with Gasteiger partial charge in [-0.3, -0.25) is 10.7 Å². The van der Waals surface area contributed by atoms with Crippen molar-refractivity contribution in [2.75, 3.05) is 7.05 Å². The minimum Gasteiger partial charge on any atom is -0.456 e. The van der Waals surface area contributed by atoms with Crippen LogP contribution in [0.2, 0.25) is 0 Å². The van der Waals surface area contributed by atoms with Gasteiger partial charge >= 0.3 is 0 Å². The van der Waals surface area contributed by atoms with Crippen molar-refractivity contribution in [3.63, 3.8) is 0 Å². The maximum atomic E-state index is 9.22. The number of thiophene rings is 1. The standard InChI is InChI=1S/C46H33N3O2S/c1-49(45(47)29-12-3-2-4-13-29)46(36-19-11-22-39-43(36)34-15-5-7-20-37(34)50-39)48-27-28-24-25-35-40(26-28)51-38-21-10-16-31(42(35)38)33-18-9-17-32-30-14-6-8-23-41(30)52-44(32)33/h2-26,46-48H,27H2,1H3. The molecule has 0 spiro atoms. The molecule has 0 bridgehead atoms. The molecule has 0 aliphatic carbocycles. The van der Waals surface area contributed by atoms with E-state index in [1.807, 2.05) is 83.9 Å². The number of amidine groups is 1. The van der Waals surface area contributed by atoms with E-state index < -0.39 is 0 Å². The van der Waals surface area contributed by atoms with Gasteiger partial charge in [-0.05, 0) is 41.5 Å². The highest BCUT2D eigenvalue weighted by atomic mass is 32.1. The Morgan fingerprint density at radius 3 is 2.15 bits per heavy atom. The van der Waals surface area contributed by atoms with E-state index in [4.69, 9.17) is 8.83 Å². The Hall–Kier alpha value is -6.21. The van der Waals surface area contributed by atoms with Crippen LogP contribution in [-0.2, 0) is 6.54 Å². The molecule has 6 heteroatoms. The molecule has 250 valence electrons. The van der Waals surface area contributed by atoms with E-state index in [1.165, 1.54) is 31.3 Å². The average Bonchev–Trinajstić information content (AvgIpc) is 3.89. The fourth-order valence-electron chi connectivity index (χ4n) is 7.79. The zero-order chi connectivity index (χ0) is 34.8. The smallest absolute Gasteiger partial charge is 0.136 e. The molecule has 0 fully saturated rings. The molecular weight excluding hydrogens is 659 g/mol. The monoisotopic (exact) mass is 691 g/mol. The van der Waals surface area contributed by atoms with Crippen LogP contribution < -0.4 is 5.32 Å². The predicted molar refractivity (Wildman–Crippen MR) is 216 cm³/mol. The number of nitrogens with zero attached hydrogens (tertiary/aromatic N) is 1. The quantitative estimate of drug-likeness (QED) is 0.0992. The van der Waals surface area contributed by atoms with Gasteiger partial charge in [-0.15, -0.1) is 11.3 Å². The zero-order valence-electron chi connectivity index (χ0n) is 28.4. The van der Waals surface area contributed by atoms with Gasteiger partial charge in [-0.1, -0.05) is 121 Å². The Labute approximate surface area is 303 Å². The topological polar surface area (TPSA) is 65.4 Å². The van der Waals surface area contributed by atoms with E-state index in [2.05, 4.69) is 96.3 Å². The summed E-state index contributed by atoms with van der Waals surface area (Å²) in [6.07, 6.45) is -0.322. The van der Waals surface area contributed by atoms with Gasteiger partial charge in [0.05, 0.1) is 0 Å². The molecule has 1 unspecified atom stereocenters. The Bertz CT molecular complexity index is 2970. The largest absolute Gasteiger partial charge is 0.456 e. The van der Waals surface area contributed by atoms with Gasteiger partial charge in [0.25, 0.3) is 0 Å². The lowest BCUT2D eigenvalue weighted by molar-refractivity contribution is 0.310. The van der Waals surface area contributed by atoms with Crippen LogP contribution in [0.4, 0.5) is 0 Å². The van der Waals surface area contributed by atoms with E-state index in [-0.39, 0.29) is 6.17 Å². The summed E-state index contributed by atoms with van der Waals surface area (Å²) in [7, 11) is 1.98. The second kappa shape index (κ2) is 12.2. The van der Waals surface area contributed by atoms with Crippen LogP contribution in [0.3, 0.4) is 0 Å². The molecule has 3 heterocycles. The lowest BCUT2D eigenvalue weighted by Gasteiger charge is -2.32. The molecule has 0 saturated carbocycles. The highest BCUT2D eigenvalue weighted by Gasteiger charge is 2.25. The van der Waals surface area contributed by atoms with Crippen molar-refractivity contribution in [2.45, 2.75) is 12.7 Å². The summed E-state index contributed by atoms with van der Waals surface area (Å²) in [5.41, 5.74) is 8.82. The van der Waals surface area contributed by atoms with Crippen LogP contribution >= 0.6 is 11.3 Å². The van der Waals surface area contributed by atoms with Gasteiger partial charge in [0.1, 0.15) is 34.3 Å². The first-order valence-corrected chi connectivity index (χ1v) is 18.3. The number of rotatable bonds is 7. The van der Waals surface area contributed by atoms with Crippen LogP contribution in [-0.4, -0.2) is 17.8 Å². The third-order valence-corrected chi connectivity index (χ3v) is 11.5. The summed E-state index contributed by atoms with van der Waals surface area (Å²) in [4.78, 5) is 2.01. The minimum absolute atomic E-state index is 0.322. The first-order chi connectivity index (χ1) is 25.6. The molecule has 2 N–H and O–H groups in total. The van der Waals surface area contributed by atoms with Crippen molar-refractivity contribution in [1.29, 1.82) is 5.41 Å². The third-order valence-electron chi connectivity index (χ3n) is 10.3. The number of fused-ring (bicyclic) bond motifs is 9. The van der Waals surface area contributed by atoms with Gasteiger partial charge in [0.15, 0.2) is 0 Å². The van der Waals surface area contributed by atoms with Gasteiger partial charge in [0.2, 0.25) is 0 Å². The van der Waals surface area contributed by atoms with E-state index in [1.54, 1.807) is 0 Å². The molecule has 0 aliphatic rings. The Kier molecular flexibility index (Phi) is 7.20. The van der Waals surface area contributed by atoms with Gasteiger partial charge < -0.3 is 13.7 Å². The summed E-state index contributed by atoms with van der Waals surface area (Å²) in [5.74, 6) is 0.428. The van der Waals surface area contributed by atoms with Crippen LogP contribution in [0.25, 0.3) is 75.2 Å². The van der Waals surface area contributed by atoms with Crippen molar-refractivity contribution in [2.24, 2.45) is 0 Å². The molecule has 10 rings (SSSR count). The number of benzene rings is 7. The average molecular weight is 692 g/mol. The number of para-hydroxylation sites is 1. The maximum Gasteiger partial charge on any atom is 0.136 e. The molecule has 0 saturated heterocycles. The Morgan fingerprint density at radius 2 is 1.27 bits per heavy atom. The second-order valence-electron chi connectivity index (χ2n) is 13.3. The molecular formula is C46H33N3O2S. The number of hydrogen-bond donors (Lipinski definition) is 2. The summed E-state index contributed by atoms with van der Waals surface area (Å²) in [5, 5.41) is 20.0. The molecule has 1 atom stereocenters. The number of hydrogen-bond acceptors (Lipinski definition) is 5. The molecule has 52 heavy (non-hydrogen) atoms. The molecule has 5 nitrogen and oxygen atoms in total. The Morgan fingerprint density at radius 1 is 0.615 bits per heavy atom. The van der Waals surface area contributed by atoms with Crippen molar-refractivity contribution in [3.8, 4) is 11.1 Å². The van der Waals surface area contributed by atoms with Crippen LogP contribution in [0, 0.1) is 5.41 Å². The number of nitrogens with one attached hydrogen (secondary N) is 2. The first kappa shape index (κ1) is 30.6. The van der Waals surface area contributed by atoms with E-state index in [0.29, 0.717) is 12.4 Å². The fourth-order valence-corrected chi connectivity index (χ4v) is 9.02. The normalized spacial score (nSPS) is 12.5. The zero-order valence-corrected chi connectivity index (χ0v) is 29.2. The van der Waals surface area contributed by atoms with E-state index in [9.17, 15) is 5.41 Å². The molecule has 0 amide bonds. The molecule has 10 aromatic rings. The molecule has 7 aromatic carbocycles. The highest BCUT2D eigenvalue weighted by molar-refractivity contribution is 7.26. The highest BCUT2D eigenvalue weighted by Crippen LogP contribution is 2.44. The van der Waals surface area contributed by atoms with Crippen LogP contribution in [0.5, 0.6) is 0 Å². The summed E-state index contributed by atoms with van der Waals surface area (Å²) in [6.45, 7) is 0.560. The third kappa shape index (κ3) is 4.91. The predicted octanol–water partition coefficient (Wildman–Crippen LogP) is 12.3. The SMILES string of the molecule is CN(C(=N)c1ccccc1)C(NCc1ccc2c(c1)oc1cccc(-c3cccc4c3sc3ccccc34)c12)c1cccc2oc3ccccc3c12. The molecule has 0 aliphatic heterocycles. The van der Waals surface area contributed by atoms with Crippen LogP contribution in [0.15, 0.2) is 160 Å². The lowest BCUT2D eigenvalue weighted by atomic mass is 9.97. The summed E-state index contributed by atoms with van der Waals surface area (Å²) >= 11 is 1.85. The van der Waals surface area contributed by atoms with Crippen molar-refractivity contribution in [3.05, 3.63) is 168 Å². The van der Waals surface area contributed by atoms with E-state index in [0.717, 1.165) is 60.6 Å².